The van der Waals surface area contributed by atoms with Crippen LogP contribution >= 0.6 is 11.8 Å². The molecule has 0 amide bonds. The van der Waals surface area contributed by atoms with Gasteiger partial charge in [0.15, 0.2) is 11.6 Å². The SMILES string of the molecule is CCOC(=O)c1c(CSc2ccccc2)n(C)c2cc(F)c(O)cc12. The number of ether oxygens (including phenoxy) is 1. The van der Waals surface area contributed by atoms with E-state index < -0.39 is 17.5 Å². The second-order valence-electron chi connectivity index (χ2n) is 5.52. The zero-order valence-electron chi connectivity index (χ0n) is 14.0. The van der Waals surface area contributed by atoms with E-state index in [9.17, 15) is 14.3 Å². The minimum atomic E-state index is -0.717. The Kier molecular flexibility index (Phi) is 4.99. The van der Waals surface area contributed by atoms with Crippen LogP contribution in [0.3, 0.4) is 0 Å². The molecule has 0 bridgehead atoms. The number of phenols is 1. The van der Waals surface area contributed by atoms with Gasteiger partial charge in [-0.2, -0.15) is 0 Å². The van der Waals surface area contributed by atoms with E-state index in [0.717, 1.165) is 10.6 Å². The number of phenolic OH excluding ortho intramolecular Hbond substituents is 1. The third-order valence-electron chi connectivity index (χ3n) is 3.99. The molecule has 0 unspecified atom stereocenters. The van der Waals surface area contributed by atoms with Crippen molar-refractivity contribution < 1.29 is 19.0 Å². The molecule has 2 aromatic carbocycles. The fourth-order valence-corrected chi connectivity index (χ4v) is 3.76. The topological polar surface area (TPSA) is 51.5 Å². The van der Waals surface area contributed by atoms with Gasteiger partial charge in [0.25, 0.3) is 0 Å². The molecule has 130 valence electrons. The van der Waals surface area contributed by atoms with E-state index in [4.69, 9.17) is 4.74 Å². The van der Waals surface area contributed by atoms with Crippen LogP contribution in [-0.2, 0) is 17.5 Å². The van der Waals surface area contributed by atoms with Crippen molar-refractivity contribution in [3.63, 3.8) is 0 Å². The van der Waals surface area contributed by atoms with Crippen LogP contribution in [0, 0.1) is 5.82 Å². The molecule has 4 nitrogen and oxygen atoms in total. The van der Waals surface area contributed by atoms with E-state index in [-0.39, 0.29) is 6.61 Å². The number of hydrogen-bond donors (Lipinski definition) is 1. The number of hydrogen-bond acceptors (Lipinski definition) is 4. The van der Waals surface area contributed by atoms with Gasteiger partial charge in [-0.25, -0.2) is 9.18 Å². The monoisotopic (exact) mass is 359 g/mol. The Balaban J connectivity index is 2.10. The summed E-state index contributed by atoms with van der Waals surface area (Å²) in [7, 11) is 1.78. The molecule has 0 radical (unpaired) electrons. The van der Waals surface area contributed by atoms with Gasteiger partial charge in [-0.15, -0.1) is 11.8 Å². The molecule has 1 heterocycles. The highest BCUT2D eigenvalue weighted by atomic mass is 32.2. The molecule has 6 heteroatoms. The molecular formula is C19H18FNO3S. The molecule has 3 aromatic rings. The van der Waals surface area contributed by atoms with Crippen LogP contribution < -0.4 is 0 Å². The summed E-state index contributed by atoms with van der Waals surface area (Å²) in [5.41, 5.74) is 1.65. The van der Waals surface area contributed by atoms with Gasteiger partial charge in [0.05, 0.1) is 17.7 Å². The van der Waals surface area contributed by atoms with E-state index in [0.29, 0.717) is 22.2 Å². The van der Waals surface area contributed by atoms with Crippen LogP contribution in [0.2, 0.25) is 0 Å². The summed E-state index contributed by atoms with van der Waals surface area (Å²) >= 11 is 1.58. The molecule has 1 aromatic heterocycles. The molecule has 0 spiro atoms. The standard InChI is InChI=1S/C19H18FNO3S/c1-3-24-19(23)18-13-9-17(22)14(20)10-15(13)21(2)16(18)11-25-12-7-5-4-6-8-12/h4-10,22H,3,11H2,1-2H3. The largest absolute Gasteiger partial charge is 0.505 e. The Labute approximate surface area is 149 Å². The van der Waals surface area contributed by atoms with Crippen molar-refractivity contribution in [2.45, 2.75) is 17.6 Å². The number of nitrogens with zero attached hydrogens (tertiary/aromatic N) is 1. The molecule has 0 aliphatic carbocycles. The first-order chi connectivity index (χ1) is 12.0. The summed E-state index contributed by atoms with van der Waals surface area (Å²) in [6.45, 7) is 1.98. The normalized spacial score (nSPS) is 11.0. The smallest absolute Gasteiger partial charge is 0.340 e. The Morgan fingerprint density at radius 3 is 2.68 bits per heavy atom. The van der Waals surface area contributed by atoms with Crippen LogP contribution in [0.25, 0.3) is 10.9 Å². The van der Waals surface area contributed by atoms with Gasteiger partial charge >= 0.3 is 5.97 Å². The molecule has 0 aliphatic heterocycles. The molecular weight excluding hydrogens is 341 g/mol. The summed E-state index contributed by atoms with van der Waals surface area (Å²) in [4.78, 5) is 13.5. The van der Waals surface area contributed by atoms with Crippen LogP contribution in [0.5, 0.6) is 5.75 Å². The Morgan fingerprint density at radius 1 is 1.28 bits per heavy atom. The van der Waals surface area contributed by atoms with Crippen molar-refractivity contribution in [2.75, 3.05) is 6.61 Å². The minimum Gasteiger partial charge on any atom is -0.505 e. The zero-order valence-corrected chi connectivity index (χ0v) is 14.8. The minimum absolute atomic E-state index is 0.244. The predicted octanol–water partition coefficient (Wildman–Crippen LogP) is 4.49. The van der Waals surface area contributed by atoms with Crippen molar-refractivity contribution in [2.24, 2.45) is 7.05 Å². The number of aromatic hydroxyl groups is 1. The number of fused-ring (bicyclic) bond motifs is 1. The molecule has 0 saturated carbocycles. The first-order valence-electron chi connectivity index (χ1n) is 7.87. The number of carbonyl (C=O) groups excluding carboxylic acids is 1. The fourth-order valence-electron chi connectivity index (χ4n) is 2.77. The van der Waals surface area contributed by atoms with E-state index >= 15 is 0 Å². The highest BCUT2D eigenvalue weighted by molar-refractivity contribution is 7.98. The molecule has 25 heavy (non-hydrogen) atoms. The van der Waals surface area contributed by atoms with Gasteiger partial charge in [0.2, 0.25) is 0 Å². The summed E-state index contributed by atoms with van der Waals surface area (Å²) in [6, 6.07) is 12.3. The van der Waals surface area contributed by atoms with Crippen molar-refractivity contribution in [3.8, 4) is 5.75 Å². The number of rotatable bonds is 5. The average Bonchev–Trinajstić information content (AvgIpc) is 2.86. The highest BCUT2D eigenvalue weighted by Gasteiger charge is 2.23. The van der Waals surface area contributed by atoms with Gasteiger partial charge in [-0.05, 0) is 25.1 Å². The Bertz CT molecular complexity index is 922. The van der Waals surface area contributed by atoms with Crippen molar-refractivity contribution in [1.29, 1.82) is 0 Å². The van der Waals surface area contributed by atoms with Gasteiger partial charge < -0.3 is 14.4 Å². The number of benzene rings is 2. The number of halogens is 1. The lowest BCUT2D eigenvalue weighted by Crippen LogP contribution is -2.08. The lowest BCUT2D eigenvalue weighted by Gasteiger charge is -2.08. The Morgan fingerprint density at radius 2 is 2.00 bits per heavy atom. The predicted molar refractivity (Wildman–Crippen MR) is 96.5 cm³/mol. The lowest BCUT2D eigenvalue weighted by atomic mass is 10.1. The van der Waals surface area contributed by atoms with Gasteiger partial charge in [0, 0.05) is 34.8 Å². The van der Waals surface area contributed by atoms with E-state index in [1.165, 1.54) is 12.1 Å². The molecule has 0 atom stereocenters. The molecule has 0 aliphatic rings. The van der Waals surface area contributed by atoms with Gasteiger partial charge in [-0.1, -0.05) is 18.2 Å². The second-order valence-corrected chi connectivity index (χ2v) is 6.57. The van der Waals surface area contributed by atoms with Gasteiger partial charge in [-0.3, -0.25) is 0 Å². The summed E-state index contributed by atoms with van der Waals surface area (Å²) in [5.74, 6) is -1.15. The van der Waals surface area contributed by atoms with Crippen molar-refractivity contribution in [1.82, 2.24) is 4.57 Å². The quantitative estimate of drug-likeness (QED) is 0.539. The molecule has 1 N–H and O–H groups in total. The summed E-state index contributed by atoms with van der Waals surface area (Å²) < 4.78 is 20.7. The summed E-state index contributed by atoms with van der Waals surface area (Å²) in [5, 5.41) is 10.2. The van der Waals surface area contributed by atoms with Crippen LogP contribution in [0.4, 0.5) is 4.39 Å². The van der Waals surface area contributed by atoms with E-state index in [2.05, 4.69) is 0 Å². The van der Waals surface area contributed by atoms with Crippen LogP contribution in [-0.4, -0.2) is 22.2 Å². The number of thioether (sulfide) groups is 1. The third-order valence-corrected chi connectivity index (χ3v) is 5.01. The molecule has 3 rings (SSSR count). The fraction of sp³-hybridized carbons (Fsp3) is 0.211. The van der Waals surface area contributed by atoms with Crippen molar-refractivity contribution in [3.05, 3.63) is 59.5 Å². The molecule has 0 fully saturated rings. The Hall–Kier alpha value is -2.47. The first kappa shape index (κ1) is 17.4. The van der Waals surface area contributed by atoms with Crippen LogP contribution in [0.15, 0.2) is 47.4 Å². The van der Waals surface area contributed by atoms with E-state index in [1.807, 2.05) is 30.3 Å². The highest BCUT2D eigenvalue weighted by Crippen LogP contribution is 2.34. The zero-order chi connectivity index (χ0) is 18.0. The van der Waals surface area contributed by atoms with Gasteiger partial charge in [0.1, 0.15) is 0 Å². The maximum Gasteiger partial charge on any atom is 0.340 e. The second kappa shape index (κ2) is 7.19. The maximum atomic E-state index is 13.8. The number of aryl methyl sites for hydroxylation is 1. The van der Waals surface area contributed by atoms with Crippen LogP contribution in [0.1, 0.15) is 23.0 Å². The summed E-state index contributed by atoms with van der Waals surface area (Å²) in [6.07, 6.45) is 0. The first-order valence-corrected chi connectivity index (χ1v) is 8.86. The number of carbonyl (C=O) groups is 1. The van der Waals surface area contributed by atoms with Crippen molar-refractivity contribution >= 4 is 28.6 Å². The lowest BCUT2D eigenvalue weighted by molar-refractivity contribution is 0.0527. The van der Waals surface area contributed by atoms with E-state index in [1.54, 1.807) is 30.3 Å². The average molecular weight is 359 g/mol. The molecule has 0 saturated heterocycles. The maximum absolute atomic E-state index is 13.8. The number of aromatic nitrogens is 1. The number of esters is 1. The third kappa shape index (κ3) is 3.35.